The lowest BCUT2D eigenvalue weighted by atomic mass is 10.0. The van der Waals surface area contributed by atoms with Gasteiger partial charge in [0.25, 0.3) is 0 Å². The summed E-state index contributed by atoms with van der Waals surface area (Å²) in [6.45, 7) is 1.88. The highest BCUT2D eigenvalue weighted by Gasteiger charge is 2.22. The quantitative estimate of drug-likeness (QED) is 0.655. The fourth-order valence-electron chi connectivity index (χ4n) is 2.37. The Bertz CT molecular complexity index is 1060. The number of benzene rings is 2. The van der Waals surface area contributed by atoms with Gasteiger partial charge in [0.1, 0.15) is 16.6 Å². The zero-order valence-electron chi connectivity index (χ0n) is 12.8. The summed E-state index contributed by atoms with van der Waals surface area (Å²) in [5.74, 6) is -2.48. The summed E-state index contributed by atoms with van der Waals surface area (Å²) in [5, 5.41) is 7.53. The van der Waals surface area contributed by atoms with E-state index >= 15 is 0 Å². The molecular formula is C16H12F2N2O2S3. The summed E-state index contributed by atoms with van der Waals surface area (Å²) in [7, 11) is -4.48. The van der Waals surface area contributed by atoms with E-state index in [1.807, 2.05) is 12.3 Å². The second-order valence-corrected chi connectivity index (χ2v) is 8.18. The molecule has 0 radical (unpaired) electrons. The molecule has 0 saturated carbocycles. The maximum Gasteiger partial charge on any atom is 0.243 e. The number of sulfonamides is 1. The number of nitrogens with zero attached hydrogens (tertiary/aromatic N) is 1. The Kier molecular flexibility index (Phi) is 4.67. The van der Waals surface area contributed by atoms with E-state index in [-0.39, 0.29) is 5.56 Å². The van der Waals surface area contributed by atoms with Crippen LogP contribution in [0.3, 0.4) is 0 Å². The summed E-state index contributed by atoms with van der Waals surface area (Å²) in [6.07, 6.45) is 0. The summed E-state index contributed by atoms with van der Waals surface area (Å²) < 4.78 is 50.5. The lowest BCUT2D eigenvalue weighted by Gasteiger charge is -2.09. The van der Waals surface area contributed by atoms with Gasteiger partial charge in [0.05, 0.1) is 0 Å². The summed E-state index contributed by atoms with van der Waals surface area (Å²) >= 11 is 5.89. The van der Waals surface area contributed by atoms with Crippen molar-refractivity contribution in [3.05, 3.63) is 53.0 Å². The van der Waals surface area contributed by atoms with E-state index in [1.54, 1.807) is 18.2 Å². The van der Waals surface area contributed by atoms with Crippen molar-refractivity contribution >= 4 is 34.0 Å². The zero-order valence-corrected chi connectivity index (χ0v) is 15.4. The number of rotatable bonds is 3. The molecule has 0 aliphatic heterocycles. The predicted octanol–water partition coefficient (Wildman–Crippen LogP) is 4.00. The second-order valence-electron chi connectivity index (χ2n) is 5.34. The Morgan fingerprint density at radius 3 is 2.24 bits per heavy atom. The first-order valence-corrected chi connectivity index (χ1v) is 9.82. The van der Waals surface area contributed by atoms with Crippen molar-refractivity contribution in [3.63, 3.8) is 0 Å². The Balaban J connectivity index is 2.08. The molecule has 1 heterocycles. The van der Waals surface area contributed by atoms with E-state index in [1.165, 1.54) is 11.3 Å². The van der Waals surface area contributed by atoms with Crippen molar-refractivity contribution in [2.75, 3.05) is 0 Å². The van der Waals surface area contributed by atoms with E-state index in [4.69, 9.17) is 5.14 Å². The summed E-state index contributed by atoms with van der Waals surface area (Å²) in [4.78, 5) is 3.82. The van der Waals surface area contributed by atoms with Gasteiger partial charge in [-0.1, -0.05) is 12.1 Å². The lowest BCUT2D eigenvalue weighted by Crippen LogP contribution is -2.16. The van der Waals surface area contributed by atoms with Gasteiger partial charge in [-0.2, -0.15) is 0 Å². The van der Waals surface area contributed by atoms with Crippen molar-refractivity contribution in [2.24, 2.45) is 5.14 Å². The summed E-state index contributed by atoms with van der Waals surface area (Å²) in [5.41, 5.74) is 2.35. The molecule has 0 aliphatic carbocycles. The average Bonchev–Trinajstić information content (AvgIpc) is 2.91. The molecule has 3 aromatic rings. The smallest absolute Gasteiger partial charge is 0.241 e. The number of halogens is 2. The standard InChI is InChI=1S/C16H12F2N2O2S3/c1-8-7-24-16(20-8)11-3-2-9(6-14(11)23)10-4-12(17)15(13(18)5-10)25(19,21)22/h2-7,23H,1H3,(H2,19,21,22). The topological polar surface area (TPSA) is 73.1 Å². The highest BCUT2D eigenvalue weighted by atomic mass is 32.2. The van der Waals surface area contributed by atoms with Gasteiger partial charge in [-0.15, -0.1) is 24.0 Å². The third-order valence-corrected chi connectivity index (χ3v) is 5.79. The molecule has 0 amide bonds. The highest BCUT2D eigenvalue weighted by molar-refractivity contribution is 7.89. The van der Waals surface area contributed by atoms with Gasteiger partial charge in [-0.25, -0.2) is 27.3 Å². The number of thiol groups is 1. The van der Waals surface area contributed by atoms with E-state index in [9.17, 15) is 17.2 Å². The Labute approximate surface area is 152 Å². The van der Waals surface area contributed by atoms with Gasteiger partial charge in [0, 0.05) is 21.5 Å². The average molecular weight is 398 g/mol. The third-order valence-electron chi connectivity index (χ3n) is 3.46. The van der Waals surface area contributed by atoms with E-state index in [2.05, 4.69) is 17.6 Å². The van der Waals surface area contributed by atoms with E-state index in [0.717, 1.165) is 28.4 Å². The molecule has 0 bridgehead atoms. The molecular weight excluding hydrogens is 386 g/mol. The zero-order chi connectivity index (χ0) is 18.4. The van der Waals surface area contributed by atoms with Crippen molar-refractivity contribution in [3.8, 4) is 21.7 Å². The van der Waals surface area contributed by atoms with Crippen LogP contribution in [0.25, 0.3) is 21.7 Å². The normalized spacial score (nSPS) is 11.7. The molecule has 0 aliphatic rings. The molecule has 0 atom stereocenters. The number of primary sulfonamides is 1. The van der Waals surface area contributed by atoms with Crippen LogP contribution < -0.4 is 5.14 Å². The first-order chi connectivity index (χ1) is 11.7. The largest absolute Gasteiger partial charge is 0.243 e. The van der Waals surface area contributed by atoms with Gasteiger partial charge in [0.15, 0.2) is 4.90 Å². The van der Waals surface area contributed by atoms with Crippen LogP contribution in [0, 0.1) is 18.6 Å². The van der Waals surface area contributed by atoms with Crippen LogP contribution in [0.15, 0.2) is 45.5 Å². The van der Waals surface area contributed by atoms with Crippen molar-refractivity contribution in [1.29, 1.82) is 0 Å². The number of aryl methyl sites for hydroxylation is 1. The molecule has 3 rings (SSSR count). The highest BCUT2D eigenvalue weighted by Crippen LogP contribution is 2.34. The number of aromatic nitrogens is 1. The van der Waals surface area contributed by atoms with Crippen LogP contribution in [-0.4, -0.2) is 13.4 Å². The predicted molar refractivity (Wildman–Crippen MR) is 96.3 cm³/mol. The fourth-order valence-corrected chi connectivity index (χ4v) is 4.26. The minimum absolute atomic E-state index is 0.180. The van der Waals surface area contributed by atoms with Crippen LogP contribution in [0.4, 0.5) is 8.78 Å². The molecule has 1 aromatic heterocycles. The Hall–Kier alpha value is -1.81. The summed E-state index contributed by atoms with van der Waals surface area (Å²) in [6, 6.07) is 6.91. The molecule has 25 heavy (non-hydrogen) atoms. The van der Waals surface area contributed by atoms with Gasteiger partial charge in [-0.05, 0) is 36.2 Å². The number of hydrogen-bond acceptors (Lipinski definition) is 5. The van der Waals surface area contributed by atoms with Crippen LogP contribution in [0.2, 0.25) is 0 Å². The Morgan fingerprint density at radius 2 is 1.76 bits per heavy atom. The molecule has 0 saturated heterocycles. The van der Waals surface area contributed by atoms with Crippen molar-refractivity contribution < 1.29 is 17.2 Å². The monoisotopic (exact) mass is 398 g/mol. The van der Waals surface area contributed by atoms with Crippen LogP contribution in [-0.2, 0) is 10.0 Å². The number of hydrogen-bond donors (Lipinski definition) is 2. The van der Waals surface area contributed by atoms with Crippen LogP contribution in [0.1, 0.15) is 5.69 Å². The molecule has 0 spiro atoms. The van der Waals surface area contributed by atoms with Gasteiger partial charge < -0.3 is 0 Å². The lowest BCUT2D eigenvalue weighted by molar-refractivity contribution is 0.520. The first kappa shape index (κ1) is 18.0. The third kappa shape index (κ3) is 3.59. The molecule has 0 unspecified atom stereocenters. The van der Waals surface area contributed by atoms with E-state index < -0.39 is 26.6 Å². The van der Waals surface area contributed by atoms with E-state index in [0.29, 0.717) is 10.5 Å². The second kappa shape index (κ2) is 6.49. The minimum atomic E-state index is -4.48. The molecule has 9 heteroatoms. The van der Waals surface area contributed by atoms with Crippen LogP contribution >= 0.6 is 24.0 Å². The van der Waals surface area contributed by atoms with Gasteiger partial charge in [-0.3, -0.25) is 0 Å². The fraction of sp³-hybridized carbons (Fsp3) is 0.0625. The minimum Gasteiger partial charge on any atom is -0.241 e. The maximum atomic E-state index is 14.0. The van der Waals surface area contributed by atoms with Gasteiger partial charge in [0.2, 0.25) is 10.0 Å². The number of thiazole rings is 1. The molecule has 2 N–H and O–H groups in total. The molecule has 4 nitrogen and oxygen atoms in total. The Morgan fingerprint density at radius 1 is 1.12 bits per heavy atom. The maximum absolute atomic E-state index is 14.0. The van der Waals surface area contributed by atoms with Crippen molar-refractivity contribution in [2.45, 2.75) is 16.7 Å². The number of nitrogens with two attached hydrogens (primary N) is 1. The molecule has 130 valence electrons. The SMILES string of the molecule is Cc1csc(-c2ccc(-c3cc(F)c(S(N)(=O)=O)c(F)c3)cc2S)n1. The molecule has 2 aromatic carbocycles. The first-order valence-electron chi connectivity index (χ1n) is 6.94. The van der Waals surface area contributed by atoms with Crippen molar-refractivity contribution in [1.82, 2.24) is 4.98 Å². The van der Waals surface area contributed by atoms with Crippen LogP contribution in [0.5, 0.6) is 0 Å². The molecule has 0 fully saturated rings. The van der Waals surface area contributed by atoms with Gasteiger partial charge >= 0.3 is 0 Å².